The van der Waals surface area contributed by atoms with Crippen molar-refractivity contribution in [1.29, 1.82) is 0 Å². The molecule has 39 heavy (non-hydrogen) atoms. The Kier molecular flexibility index (Phi) is 10.3. The van der Waals surface area contributed by atoms with Crippen molar-refractivity contribution in [3.05, 3.63) is 67.7 Å². The first-order valence-corrected chi connectivity index (χ1v) is 18.5. The molecule has 1 atom stereocenters. The summed E-state index contributed by atoms with van der Waals surface area (Å²) in [5.41, 5.74) is -1.18. The fraction of sp³-hybridized carbons (Fsp3) is 0.483. The molecule has 0 bridgehead atoms. The van der Waals surface area contributed by atoms with Gasteiger partial charge < -0.3 is 9.30 Å². The summed E-state index contributed by atoms with van der Waals surface area (Å²) in [6.07, 6.45) is 0.403. The van der Waals surface area contributed by atoms with E-state index in [0.29, 0.717) is 18.4 Å². The maximum atomic E-state index is 14.9. The Morgan fingerprint density at radius 3 is 2.38 bits per heavy atom. The molecule has 2 aromatic rings. The van der Waals surface area contributed by atoms with Crippen molar-refractivity contribution >= 4 is 46.9 Å². The van der Waals surface area contributed by atoms with Crippen molar-refractivity contribution in [3.63, 3.8) is 0 Å². The highest BCUT2D eigenvalue weighted by molar-refractivity contribution is 14.2. The van der Waals surface area contributed by atoms with E-state index in [-0.39, 0.29) is 41.4 Å². The summed E-state index contributed by atoms with van der Waals surface area (Å²) in [6.45, 7) is 5.62. The third kappa shape index (κ3) is 6.53. The third-order valence-corrected chi connectivity index (χ3v) is 13.7. The number of hydrogen-bond acceptors (Lipinski definition) is 4. The van der Waals surface area contributed by atoms with Crippen LogP contribution in [0.3, 0.4) is 0 Å². The van der Waals surface area contributed by atoms with Crippen LogP contribution in [0.4, 0.5) is 13.2 Å². The smallest absolute Gasteiger partial charge is 0.266 e. The van der Waals surface area contributed by atoms with Crippen molar-refractivity contribution < 1.29 is 26.3 Å². The lowest BCUT2D eigenvalue weighted by atomic mass is 9.88. The number of pyridine rings is 1. The van der Waals surface area contributed by atoms with Gasteiger partial charge in [-0.2, -0.15) is 0 Å². The zero-order valence-electron chi connectivity index (χ0n) is 23.1. The molecular formula is C29H37F3INO4S. The van der Waals surface area contributed by atoms with Crippen molar-refractivity contribution in [1.82, 2.24) is 4.57 Å². The number of methoxy groups -OCH3 is 1. The van der Waals surface area contributed by atoms with Gasteiger partial charge in [0.1, 0.15) is 11.4 Å². The van der Waals surface area contributed by atoms with Crippen molar-refractivity contribution in [2.24, 2.45) is 7.05 Å². The fourth-order valence-electron chi connectivity index (χ4n) is 5.23. The number of hydrogen-bond donors (Lipinski definition) is 0. The SMILES string of the molecule is C=I(=CC)/C(CC[C@H](C)c1cccc(C(F)F)c1F)=c1/cc(C2(OC)CCS(=O)(=O)CC2)c(=O)n(C)/c1=C\C. The summed E-state index contributed by atoms with van der Waals surface area (Å²) in [5, 5.41) is 1.58. The third-order valence-electron chi connectivity index (χ3n) is 7.72. The van der Waals surface area contributed by atoms with Crippen LogP contribution in [0.25, 0.3) is 9.66 Å². The summed E-state index contributed by atoms with van der Waals surface area (Å²) in [5.74, 6) is -1.31. The lowest BCUT2D eigenvalue weighted by Gasteiger charge is -2.36. The summed E-state index contributed by atoms with van der Waals surface area (Å²) < 4.78 is 80.8. The van der Waals surface area contributed by atoms with Crippen LogP contribution in [-0.4, -0.2) is 40.1 Å². The quantitative estimate of drug-likeness (QED) is 0.378. The molecule has 1 aromatic carbocycles. The molecule has 0 unspecified atom stereocenters. The van der Waals surface area contributed by atoms with Crippen molar-refractivity contribution in [2.45, 2.75) is 64.4 Å². The number of halogens is 4. The monoisotopic (exact) mass is 679 g/mol. The molecule has 0 N–H and O–H groups in total. The molecule has 3 rings (SSSR count). The molecule has 1 aliphatic heterocycles. The van der Waals surface area contributed by atoms with Crippen molar-refractivity contribution in [2.75, 3.05) is 18.6 Å². The number of nitrogens with zero attached hydrogens (tertiary/aromatic N) is 1. The van der Waals surface area contributed by atoms with E-state index in [2.05, 4.69) is 8.53 Å². The van der Waals surface area contributed by atoms with E-state index in [9.17, 15) is 26.4 Å². The average Bonchev–Trinajstić information content (AvgIpc) is 2.90. The van der Waals surface area contributed by atoms with E-state index in [1.165, 1.54) is 13.2 Å². The predicted molar refractivity (Wildman–Crippen MR) is 163 cm³/mol. The molecule has 1 fully saturated rings. The molecule has 1 aromatic heterocycles. The van der Waals surface area contributed by atoms with E-state index >= 15 is 0 Å². The summed E-state index contributed by atoms with van der Waals surface area (Å²) >= 11 is -2.06. The largest absolute Gasteiger partial charge is 0.373 e. The zero-order chi connectivity index (χ0) is 29.1. The molecule has 0 saturated carbocycles. The van der Waals surface area contributed by atoms with Crippen LogP contribution < -0.4 is 16.1 Å². The first kappa shape index (κ1) is 31.6. The normalized spacial score (nSPS) is 19.8. The van der Waals surface area contributed by atoms with E-state index in [4.69, 9.17) is 4.74 Å². The zero-order valence-corrected chi connectivity index (χ0v) is 26.0. The number of ether oxygens (including phenoxy) is 1. The number of alkyl halides is 2. The molecule has 0 amide bonds. The maximum absolute atomic E-state index is 14.9. The number of rotatable bonds is 8. The van der Waals surface area contributed by atoms with Crippen LogP contribution in [0.1, 0.15) is 75.5 Å². The van der Waals surface area contributed by atoms with E-state index in [1.807, 2.05) is 32.9 Å². The highest BCUT2D eigenvalue weighted by atomic mass is 127. The van der Waals surface area contributed by atoms with Gasteiger partial charge in [0.05, 0.1) is 17.1 Å². The van der Waals surface area contributed by atoms with Crippen LogP contribution in [0.2, 0.25) is 0 Å². The Bertz CT molecular complexity index is 1590. The first-order chi connectivity index (χ1) is 18.3. The lowest BCUT2D eigenvalue weighted by molar-refractivity contribution is -0.0247. The van der Waals surface area contributed by atoms with Gasteiger partial charge in [0.25, 0.3) is 12.0 Å². The number of aromatic nitrogens is 1. The standard InChI is InChI=1S/C29H37F3INO4S/c1-7-25-22(18-23(28(35)34(25)5)29(38-6)14-16-39(36,37)17-15-29)24(33(4)8-2)13-12-19(3)20-10-9-11-21(26(20)30)27(31)32/h7-11,18-19,27H,4,12-17H2,1-3,5-6H3/b24-22-,25-7-/t19-/m0/s1. The van der Waals surface area contributed by atoms with Crippen LogP contribution in [-0.2, 0) is 27.2 Å². The van der Waals surface area contributed by atoms with Crippen LogP contribution in [0.5, 0.6) is 0 Å². The molecule has 1 saturated heterocycles. The first-order valence-electron chi connectivity index (χ1n) is 12.8. The van der Waals surface area contributed by atoms with Crippen LogP contribution in [0, 0.1) is 5.82 Å². The number of sulfone groups is 1. The Morgan fingerprint density at radius 1 is 1.23 bits per heavy atom. The van der Waals surface area contributed by atoms with Gasteiger partial charge in [-0.15, -0.1) is 18.9 Å². The Balaban J connectivity index is 2.20. The molecule has 5 nitrogen and oxygen atoms in total. The van der Waals surface area contributed by atoms with Gasteiger partial charge in [0.15, 0.2) is 9.84 Å². The maximum Gasteiger partial charge on any atom is 0.266 e. The van der Waals surface area contributed by atoms with Crippen LogP contribution in [0.15, 0.2) is 29.1 Å². The minimum atomic E-state index is -3.19. The Labute approximate surface area is 234 Å². The Morgan fingerprint density at radius 2 is 1.85 bits per heavy atom. The predicted octanol–water partition coefficient (Wildman–Crippen LogP) is 4.77. The topological polar surface area (TPSA) is 65.4 Å². The molecule has 2 heterocycles. The second-order valence-electron chi connectivity index (χ2n) is 9.87. The minimum absolute atomic E-state index is 0.0606. The fourth-order valence-corrected chi connectivity index (χ4v) is 9.65. The highest BCUT2D eigenvalue weighted by Crippen LogP contribution is 2.36. The van der Waals surface area contributed by atoms with E-state index < -0.39 is 52.1 Å². The second-order valence-corrected chi connectivity index (χ2v) is 17.0. The lowest BCUT2D eigenvalue weighted by Crippen LogP contribution is -2.50. The molecule has 0 radical (unpaired) electrons. The molecular weight excluding hydrogens is 642 g/mol. The summed E-state index contributed by atoms with van der Waals surface area (Å²) in [4.78, 5) is 13.6. The average molecular weight is 680 g/mol. The molecule has 216 valence electrons. The second kappa shape index (κ2) is 12.7. The summed E-state index contributed by atoms with van der Waals surface area (Å²) in [7, 11) is 0.00274. The van der Waals surface area contributed by atoms with Gasteiger partial charge in [-0.05, 0) is 60.7 Å². The van der Waals surface area contributed by atoms with Gasteiger partial charge in [-0.3, -0.25) is 4.79 Å². The van der Waals surface area contributed by atoms with Gasteiger partial charge in [0, 0.05) is 30.3 Å². The van der Waals surface area contributed by atoms with E-state index in [0.717, 1.165) is 20.2 Å². The van der Waals surface area contributed by atoms with Gasteiger partial charge in [-0.1, -0.05) is 39.7 Å². The molecule has 0 spiro atoms. The highest BCUT2D eigenvalue weighted by Gasteiger charge is 2.41. The van der Waals surface area contributed by atoms with Crippen molar-refractivity contribution in [3.8, 4) is 0 Å². The van der Waals surface area contributed by atoms with Gasteiger partial charge in [0.2, 0.25) is 0 Å². The molecule has 1 aliphatic rings. The molecule has 10 heteroatoms. The minimum Gasteiger partial charge on any atom is -0.373 e. The summed E-state index contributed by atoms with van der Waals surface area (Å²) in [6, 6.07) is 5.96. The van der Waals surface area contributed by atoms with Gasteiger partial charge in [-0.25, -0.2) is 21.6 Å². The Hall–Kier alpha value is -1.92. The molecule has 0 aliphatic carbocycles. The van der Waals surface area contributed by atoms with Crippen LogP contribution >= 0.6 is 18.9 Å². The van der Waals surface area contributed by atoms with E-state index in [1.54, 1.807) is 17.7 Å². The van der Waals surface area contributed by atoms with Gasteiger partial charge >= 0.3 is 0 Å². The number of benzene rings is 1.